The predicted molar refractivity (Wildman–Crippen MR) is 119 cm³/mol. The molecule has 162 valence electrons. The normalized spacial score (nSPS) is 15.1. The summed E-state index contributed by atoms with van der Waals surface area (Å²) in [7, 11) is 1.57. The second-order valence-corrected chi connectivity index (χ2v) is 8.16. The molecule has 1 amide bonds. The molecule has 1 aliphatic heterocycles. The number of ether oxygens (including phenoxy) is 1. The standard InChI is InChI=1S/C25H34N2O3/c1-3-4-14-27(19-20-8-6-5-7-9-20)25(29)22-12-15-26(16-13-22)18-21-10-11-23(28)24(17-21)30-2/h5-11,17,22,28H,3-4,12-16,18-19H2,1-2H3. The van der Waals surface area contributed by atoms with Crippen LogP contribution in [-0.4, -0.2) is 47.6 Å². The van der Waals surface area contributed by atoms with Crippen LogP contribution in [0.25, 0.3) is 0 Å². The van der Waals surface area contributed by atoms with Gasteiger partial charge in [-0.15, -0.1) is 0 Å². The van der Waals surface area contributed by atoms with E-state index in [2.05, 4.69) is 28.9 Å². The van der Waals surface area contributed by atoms with Crippen molar-refractivity contribution >= 4 is 5.91 Å². The lowest BCUT2D eigenvalue weighted by Crippen LogP contribution is -2.42. The van der Waals surface area contributed by atoms with Crippen LogP contribution in [0.2, 0.25) is 0 Å². The summed E-state index contributed by atoms with van der Waals surface area (Å²) < 4.78 is 5.21. The van der Waals surface area contributed by atoms with Gasteiger partial charge in [-0.2, -0.15) is 0 Å². The second kappa shape index (κ2) is 11.0. The monoisotopic (exact) mass is 410 g/mol. The molecule has 30 heavy (non-hydrogen) atoms. The van der Waals surface area contributed by atoms with Crippen LogP contribution in [0.4, 0.5) is 0 Å². The minimum atomic E-state index is 0.108. The summed E-state index contributed by atoms with van der Waals surface area (Å²) in [6, 6.07) is 15.8. The van der Waals surface area contributed by atoms with E-state index in [4.69, 9.17) is 4.74 Å². The van der Waals surface area contributed by atoms with Gasteiger partial charge < -0.3 is 14.7 Å². The lowest BCUT2D eigenvalue weighted by atomic mass is 9.94. The Morgan fingerprint density at radius 1 is 1.13 bits per heavy atom. The number of piperidine rings is 1. The van der Waals surface area contributed by atoms with E-state index >= 15 is 0 Å². The Labute approximate surface area is 180 Å². The fourth-order valence-corrected chi connectivity index (χ4v) is 4.09. The van der Waals surface area contributed by atoms with Crippen molar-refractivity contribution in [3.63, 3.8) is 0 Å². The van der Waals surface area contributed by atoms with E-state index in [-0.39, 0.29) is 11.7 Å². The van der Waals surface area contributed by atoms with Gasteiger partial charge in [0.1, 0.15) is 0 Å². The number of benzene rings is 2. The van der Waals surface area contributed by atoms with Crippen molar-refractivity contribution in [2.75, 3.05) is 26.7 Å². The first kappa shape index (κ1) is 22.2. The molecule has 0 spiro atoms. The largest absolute Gasteiger partial charge is 0.504 e. The van der Waals surface area contributed by atoms with E-state index in [0.29, 0.717) is 18.2 Å². The van der Waals surface area contributed by atoms with E-state index in [1.165, 1.54) is 5.56 Å². The minimum Gasteiger partial charge on any atom is -0.504 e. The van der Waals surface area contributed by atoms with Crippen LogP contribution in [0.3, 0.4) is 0 Å². The number of amides is 1. The number of hydrogen-bond donors (Lipinski definition) is 1. The molecule has 1 fully saturated rings. The van der Waals surface area contributed by atoms with Crippen molar-refractivity contribution in [1.82, 2.24) is 9.80 Å². The highest BCUT2D eigenvalue weighted by Crippen LogP contribution is 2.28. The molecule has 1 heterocycles. The number of aromatic hydroxyl groups is 1. The fraction of sp³-hybridized carbons (Fsp3) is 0.480. The molecule has 0 atom stereocenters. The molecule has 3 rings (SSSR count). The molecule has 0 saturated carbocycles. The maximum absolute atomic E-state index is 13.3. The maximum Gasteiger partial charge on any atom is 0.226 e. The molecule has 0 aliphatic carbocycles. The number of methoxy groups -OCH3 is 1. The molecule has 0 radical (unpaired) electrons. The van der Waals surface area contributed by atoms with Gasteiger partial charge in [-0.3, -0.25) is 9.69 Å². The number of likely N-dealkylation sites (tertiary alicyclic amines) is 1. The van der Waals surface area contributed by atoms with Crippen LogP contribution in [-0.2, 0) is 17.9 Å². The summed E-state index contributed by atoms with van der Waals surface area (Å²) >= 11 is 0. The van der Waals surface area contributed by atoms with Crippen LogP contribution < -0.4 is 4.74 Å². The highest BCUT2D eigenvalue weighted by atomic mass is 16.5. The molecule has 5 nitrogen and oxygen atoms in total. The maximum atomic E-state index is 13.3. The van der Waals surface area contributed by atoms with E-state index in [0.717, 1.165) is 57.4 Å². The van der Waals surface area contributed by atoms with Gasteiger partial charge in [0, 0.05) is 25.6 Å². The first-order valence-electron chi connectivity index (χ1n) is 11.0. The van der Waals surface area contributed by atoms with Crippen molar-refractivity contribution < 1.29 is 14.6 Å². The third-order valence-corrected chi connectivity index (χ3v) is 5.90. The van der Waals surface area contributed by atoms with Gasteiger partial charge in [0.15, 0.2) is 11.5 Å². The quantitative estimate of drug-likeness (QED) is 0.664. The van der Waals surface area contributed by atoms with Gasteiger partial charge in [0.05, 0.1) is 7.11 Å². The zero-order valence-corrected chi connectivity index (χ0v) is 18.2. The van der Waals surface area contributed by atoms with E-state index < -0.39 is 0 Å². The summed E-state index contributed by atoms with van der Waals surface area (Å²) in [5.74, 6) is 1.08. The van der Waals surface area contributed by atoms with Gasteiger partial charge in [-0.1, -0.05) is 49.7 Å². The Balaban J connectivity index is 1.56. The summed E-state index contributed by atoms with van der Waals surface area (Å²) in [5, 5.41) is 9.78. The third-order valence-electron chi connectivity index (χ3n) is 5.90. The molecule has 0 bridgehead atoms. The highest BCUT2D eigenvalue weighted by Gasteiger charge is 2.28. The molecule has 1 saturated heterocycles. The minimum absolute atomic E-state index is 0.108. The average Bonchev–Trinajstić information content (AvgIpc) is 2.78. The number of phenols is 1. The Hall–Kier alpha value is -2.53. The number of nitrogens with zero attached hydrogens (tertiary/aromatic N) is 2. The van der Waals surface area contributed by atoms with Crippen molar-refractivity contribution in [2.45, 2.75) is 45.7 Å². The zero-order chi connectivity index (χ0) is 21.3. The predicted octanol–water partition coefficient (Wildman–Crippen LogP) is 4.44. The molecule has 2 aromatic rings. The van der Waals surface area contributed by atoms with Crippen LogP contribution in [0.15, 0.2) is 48.5 Å². The van der Waals surface area contributed by atoms with Crippen molar-refractivity contribution in [3.05, 3.63) is 59.7 Å². The second-order valence-electron chi connectivity index (χ2n) is 8.16. The van der Waals surface area contributed by atoms with Crippen LogP contribution in [0.5, 0.6) is 11.5 Å². The number of rotatable bonds is 9. The number of phenolic OH excluding ortho intramolecular Hbond substituents is 1. The topological polar surface area (TPSA) is 53.0 Å². The summed E-state index contributed by atoms with van der Waals surface area (Å²) in [5.41, 5.74) is 2.31. The van der Waals surface area contributed by atoms with Crippen molar-refractivity contribution in [1.29, 1.82) is 0 Å². The van der Waals surface area contributed by atoms with E-state index in [1.807, 2.05) is 30.3 Å². The van der Waals surface area contributed by atoms with Crippen molar-refractivity contribution in [3.8, 4) is 11.5 Å². The number of hydrogen-bond acceptors (Lipinski definition) is 4. The molecule has 5 heteroatoms. The van der Waals surface area contributed by atoms with E-state index in [1.54, 1.807) is 13.2 Å². The SMILES string of the molecule is CCCCN(Cc1ccccc1)C(=O)C1CCN(Cc2ccc(O)c(OC)c2)CC1. The van der Waals surface area contributed by atoms with Gasteiger partial charge in [-0.25, -0.2) is 0 Å². The average molecular weight is 411 g/mol. The van der Waals surface area contributed by atoms with Gasteiger partial charge in [0.25, 0.3) is 0 Å². The van der Waals surface area contributed by atoms with E-state index in [9.17, 15) is 9.90 Å². The van der Waals surface area contributed by atoms with Crippen molar-refractivity contribution in [2.24, 2.45) is 5.92 Å². The summed E-state index contributed by atoms with van der Waals surface area (Å²) in [6.07, 6.45) is 3.92. The van der Waals surface area contributed by atoms with Crippen LogP contribution in [0, 0.1) is 5.92 Å². The number of carbonyl (C=O) groups excluding carboxylic acids is 1. The Morgan fingerprint density at radius 2 is 1.87 bits per heavy atom. The smallest absolute Gasteiger partial charge is 0.226 e. The highest BCUT2D eigenvalue weighted by molar-refractivity contribution is 5.79. The lowest BCUT2D eigenvalue weighted by Gasteiger charge is -2.34. The van der Waals surface area contributed by atoms with Gasteiger partial charge in [0.2, 0.25) is 5.91 Å². The molecule has 2 aromatic carbocycles. The molecule has 0 unspecified atom stereocenters. The van der Waals surface area contributed by atoms with Crippen LogP contribution >= 0.6 is 0 Å². The number of carbonyl (C=O) groups is 1. The number of unbranched alkanes of at least 4 members (excludes halogenated alkanes) is 1. The Bertz CT molecular complexity index is 801. The van der Waals surface area contributed by atoms with Gasteiger partial charge in [-0.05, 0) is 55.6 Å². The molecular formula is C25H34N2O3. The fourth-order valence-electron chi connectivity index (χ4n) is 4.09. The first-order chi connectivity index (χ1) is 14.6. The summed E-state index contributed by atoms with van der Waals surface area (Å²) in [4.78, 5) is 17.7. The molecule has 1 N–H and O–H groups in total. The molecule has 0 aromatic heterocycles. The Kier molecular flexibility index (Phi) is 8.14. The third kappa shape index (κ3) is 5.99. The van der Waals surface area contributed by atoms with Crippen LogP contribution in [0.1, 0.15) is 43.7 Å². The van der Waals surface area contributed by atoms with Gasteiger partial charge >= 0.3 is 0 Å². The summed E-state index contributed by atoms with van der Waals surface area (Å²) in [6.45, 7) is 6.33. The lowest BCUT2D eigenvalue weighted by molar-refractivity contribution is -0.137. The Morgan fingerprint density at radius 3 is 2.53 bits per heavy atom. The first-order valence-corrected chi connectivity index (χ1v) is 11.0. The zero-order valence-electron chi connectivity index (χ0n) is 18.2. The molecule has 1 aliphatic rings. The molecular weight excluding hydrogens is 376 g/mol.